The fourth-order valence-electron chi connectivity index (χ4n) is 4.89. The maximum absolute atomic E-state index is 13.3. The van der Waals surface area contributed by atoms with Crippen LogP contribution >= 0.6 is 11.6 Å². The van der Waals surface area contributed by atoms with Crippen molar-refractivity contribution in [1.82, 2.24) is 4.90 Å². The first-order valence-electron chi connectivity index (χ1n) is 12.4. The van der Waals surface area contributed by atoms with Gasteiger partial charge >= 0.3 is 12.1 Å². The van der Waals surface area contributed by atoms with E-state index in [0.29, 0.717) is 0 Å². The van der Waals surface area contributed by atoms with Gasteiger partial charge in [0, 0.05) is 28.7 Å². The normalized spacial score (nSPS) is 11.8. The number of amides is 2. The Balaban J connectivity index is 1.29. The van der Waals surface area contributed by atoms with Crippen molar-refractivity contribution < 1.29 is 24.2 Å². The molecule has 0 aromatic heterocycles. The molecule has 0 atom stereocenters. The highest BCUT2D eigenvalue weighted by Crippen LogP contribution is 2.44. The molecule has 0 fully saturated rings. The highest BCUT2D eigenvalue weighted by atomic mass is 35.5. The molecule has 0 saturated heterocycles. The number of carboxylic acids is 1. The van der Waals surface area contributed by atoms with Crippen molar-refractivity contribution in [3.63, 3.8) is 0 Å². The summed E-state index contributed by atoms with van der Waals surface area (Å²) < 4.78 is 5.60. The Morgan fingerprint density at radius 2 is 1.46 bits per heavy atom. The van der Waals surface area contributed by atoms with Gasteiger partial charge in [-0.3, -0.25) is 14.9 Å². The largest absolute Gasteiger partial charge is 0.480 e. The zero-order valence-electron chi connectivity index (χ0n) is 20.8. The molecule has 0 saturated carbocycles. The Morgan fingerprint density at radius 1 is 0.846 bits per heavy atom. The zero-order chi connectivity index (χ0) is 27.4. The highest BCUT2D eigenvalue weighted by molar-refractivity contribution is 6.31. The van der Waals surface area contributed by atoms with Crippen molar-refractivity contribution in [3.8, 4) is 11.1 Å². The molecule has 0 heterocycles. The van der Waals surface area contributed by atoms with Gasteiger partial charge < -0.3 is 14.7 Å². The number of hydrogen-bond acceptors (Lipinski definition) is 4. The first kappa shape index (κ1) is 26.0. The van der Waals surface area contributed by atoms with E-state index < -0.39 is 24.5 Å². The maximum atomic E-state index is 13.3. The lowest BCUT2D eigenvalue weighted by Crippen LogP contribution is -2.35. The number of benzene rings is 4. The number of carbonyl (C=O) groups excluding carboxylic acids is 2. The quantitative estimate of drug-likeness (QED) is 0.268. The predicted octanol–water partition coefficient (Wildman–Crippen LogP) is 6.43. The first-order chi connectivity index (χ1) is 18.9. The van der Waals surface area contributed by atoms with Gasteiger partial charge in [0.1, 0.15) is 13.2 Å². The van der Waals surface area contributed by atoms with Crippen LogP contribution in [0.3, 0.4) is 0 Å². The molecule has 0 unspecified atom stereocenters. The average molecular weight is 541 g/mol. The number of anilines is 1. The van der Waals surface area contributed by atoms with Crippen LogP contribution in [-0.2, 0) is 16.1 Å². The molecule has 7 nitrogen and oxygen atoms in total. The Morgan fingerprint density at radius 3 is 2.10 bits per heavy atom. The van der Waals surface area contributed by atoms with Gasteiger partial charge in [0.15, 0.2) is 0 Å². The summed E-state index contributed by atoms with van der Waals surface area (Å²) >= 11 is 6.26. The molecular formula is C31H25ClN2O5. The predicted molar refractivity (Wildman–Crippen MR) is 149 cm³/mol. The van der Waals surface area contributed by atoms with Gasteiger partial charge in [0.05, 0.1) is 0 Å². The summed E-state index contributed by atoms with van der Waals surface area (Å²) in [5.74, 6) is -1.76. The van der Waals surface area contributed by atoms with Crippen molar-refractivity contribution in [2.24, 2.45) is 0 Å². The number of rotatable bonds is 8. The molecule has 0 aliphatic heterocycles. The topological polar surface area (TPSA) is 95.9 Å². The number of nitrogens with zero attached hydrogens (tertiary/aromatic N) is 1. The number of carboxylic acid groups (broad SMARTS) is 1. The van der Waals surface area contributed by atoms with E-state index in [0.717, 1.165) is 27.8 Å². The minimum absolute atomic E-state index is 0.0952. The molecule has 2 amide bonds. The van der Waals surface area contributed by atoms with Crippen LogP contribution in [0.15, 0.2) is 97.1 Å². The van der Waals surface area contributed by atoms with Gasteiger partial charge in [-0.25, -0.2) is 4.79 Å². The molecule has 0 spiro atoms. The van der Waals surface area contributed by atoms with Gasteiger partial charge in [0.25, 0.3) is 5.91 Å². The molecule has 4 aromatic rings. The highest BCUT2D eigenvalue weighted by Gasteiger charge is 2.29. The number of fused-ring (bicyclic) bond motifs is 3. The molecular weight excluding hydrogens is 516 g/mol. The Kier molecular flexibility index (Phi) is 7.61. The minimum Gasteiger partial charge on any atom is -0.480 e. The van der Waals surface area contributed by atoms with Gasteiger partial charge in [-0.1, -0.05) is 90.5 Å². The molecule has 4 aromatic carbocycles. The van der Waals surface area contributed by atoms with Crippen LogP contribution in [0.4, 0.5) is 10.5 Å². The average Bonchev–Trinajstić information content (AvgIpc) is 3.25. The summed E-state index contributed by atoms with van der Waals surface area (Å²) in [4.78, 5) is 38.7. The lowest BCUT2D eigenvalue weighted by Gasteiger charge is -2.21. The van der Waals surface area contributed by atoms with Crippen molar-refractivity contribution in [3.05, 3.63) is 124 Å². The van der Waals surface area contributed by atoms with Crippen LogP contribution in [0.2, 0.25) is 5.02 Å². The van der Waals surface area contributed by atoms with E-state index in [-0.39, 0.29) is 35.3 Å². The van der Waals surface area contributed by atoms with Gasteiger partial charge in [-0.15, -0.1) is 0 Å². The molecule has 1 aliphatic carbocycles. The molecule has 2 N–H and O–H groups in total. The number of hydrogen-bond donors (Lipinski definition) is 2. The van der Waals surface area contributed by atoms with Crippen molar-refractivity contribution in [1.29, 1.82) is 0 Å². The first-order valence-corrected chi connectivity index (χ1v) is 12.7. The third kappa shape index (κ3) is 5.94. The minimum atomic E-state index is -1.14. The number of carbonyl (C=O) groups is 3. The second-order valence-electron chi connectivity index (χ2n) is 9.22. The molecule has 39 heavy (non-hydrogen) atoms. The van der Waals surface area contributed by atoms with Crippen LogP contribution in [0, 0.1) is 0 Å². The third-order valence-electron chi connectivity index (χ3n) is 6.56. The molecule has 5 rings (SSSR count). The number of aliphatic carboxylic acids is 1. The Bertz CT molecular complexity index is 1490. The van der Waals surface area contributed by atoms with Crippen LogP contribution in [0.5, 0.6) is 0 Å². The maximum Gasteiger partial charge on any atom is 0.411 e. The number of nitrogens with one attached hydrogen (secondary N) is 1. The fraction of sp³-hybridized carbons (Fsp3) is 0.129. The SMILES string of the molecule is O=C(O)CN(Cc1ccccc1)C(=O)c1cc(Cl)cc(NC(=O)OCC2c3ccccc3-c3ccccc32)c1. The van der Waals surface area contributed by atoms with E-state index in [1.54, 1.807) is 0 Å². The Hall–Kier alpha value is -4.62. The summed E-state index contributed by atoms with van der Waals surface area (Å²) in [6, 6.07) is 29.6. The van der Waals surface area contributed by atoms with Crippen LogP contribution in [-0.4, -0.2) is 41.1 Å². The molecule has 0 bridgehead atoms. The van der Waals surface area contributed by atoms with Gasteiger partial charge in [0.2, 0.25) is 0 Å². The van der Waals surface area contributed by atoms with Crippen LogP contribution in [0.25, 0.3) is 11.1 Å². The smallest absolute Gasteiger partial charge is 0.411 e. The van der Waals surface area contributed by atoms with E-state index >= 15 is 0 Å². The standard InChI is InChI=1S/C31H25ClN2O5/c32-22-14-21(30(37)34(18-29(35)36)17-20-8-2-1-3-9-20)15-23(16-22)33-31(38)39-19-28-26-12-6-4-10-24(26)25-11-5-7-13-27(25)28/h1-16,28H,17-19H2,(H,33,38)(H,35,36). The molecule has 0 radical (unpaired) electrons. The van der Waals surface area contributed by atoms with E-state index in [9.17, 15) is 19.5 Å². The van der Waals surface area contributed by atoms with E-state index in [1.807, 2.05) is 66.7 Å². The summed E-state index contributed by atoms with van der Waals surface area (Å²) in [6.07, 6.45) is -0.691. The van der Waals surface area contributed by atoms with Crippen molar-refractivity contribution in [2.45, 2.75) is 12.5 Å². The Labute approximate surface area is 230 Å². The summed E-state index contributed by atoms with van der Waals surface area (Å²) in [7, 11) is 0. The summed E-state index contributed by atoms with van der Waals surface area (Å²) in [5, 5.41) is 12.2. The lowest BCUT2D eigenvalue weighted by atomic mass is 9.98. The van der Waals surface area contributed by atoms with Crippen molar-refractivity contribution >= 4 is 35.3 Å². The second kappa shape index (κ2) is 11.4. The van der Waals surface area contributed by atoms with Gasteiger partial charge in [-0.05, 0) is 46.0 Å². The van der Waals surface area contributed by atoms with E-state index in [2.05, 4.69) is 17.4 Å². The summed E-state index contributed by atoms with van der Waals surface area (Å²) in [6.45, 7) is -0.251. The van der Waals surface area contributed by atoms with Crippen molar-refractivity contribution in [2.75, 3.05) is 18.5 Å². The molecule has 8 heteroatoms. The lowest BCUT2D eigenvalue weighted by molar-refractivity contribution is -0.137. The van der Waals surface area contributed by atoms with E-state index in [4.69, 9.17) is 16.3 Å². The molecule has 196 valence electrons. The van der Waals surface area contributed by atoms with Crippen LogP contribution < -0.4 is 5.32 Å². The van der Waals surface area contributed by atoms with Gasteiger partial charge in [-0.2, -0.15) is 0 Å². The van der Waals surface area contributed by atoms with Crippen LogP contribution in [0.1, 0.15) is 33.0 Å². The second-order valence-corrected chi connectivity index (χ2v) is 9.66. The number of ether oxygens (including phenoxy) is 1. The fourth-order valence-corrected chi connectivity index (χ4v) is 5.12. The zero-order valence-corrected chi connectivity index (χ0v) is 21.6. The summed E-state index contributed by atoms with van der Waals surface area (Å²) in [5.41, 5.74) is 5.64. The monoisotopic (exact) mass is 540 g/mol. The third-order valence-corrected chi connectivity index (χ3v) is 6.78. The van der Waals surface area contributed by atoms with E-state index in [1.165, 1.54) is 23.1 Å². The molecule has 1 aliphatic rings. The number of halogens is 1.